The quantitative estimate of drug-likeness (QED) is 0.383. The second kappa shape index (κ2) is 13.1. The van der Waals surface area contributed by atoms with Crippen molar-refractivity contribution in [2.75, 3.05) is 18.1 Å². The monoisotopic (exact) mass is 542 g/mol. The molecule has 200 valence electrons. The van der Waals surface area contributed by atoms with E-state index >= 15 is 0 Å². The number of anilines is 1. The summed E-state index contributed by atoms with van der Waals surface area (Å²) < 4.78 is 5.15. The Hall–Kier alpha value is -4.17. The molecule has 3 aromatic carbocycles. The molecule has 0 fully saturated rings. The molecule has 1 atom stereocenters. The second-order valence-electron chi connectivity index (χ2n) is 8.99. The van der Waals surface area contributed by atoms with Crippen LogP contribution in [0.25, 0.3) is 17.2 Å². The van der Waals surface area contributed by atoms with Gasteiger partial charge in [0.05, 0.1) is 12.3 Å². The zero-order valence-electron chi connectivity index (χ0n) is 21.9. The molecule has 0 aliphatic carbocycles. The maximum atomic E-state index is 14.0. The molecule has 2 amide bonds. The Morgan fingerprint density at radius 1 is 0.949 bits per heavy atom. The van der Waals surface area contributed by atoms with Gasteiger partial charge in [-0.05, 0) is 42.2 Å². The Balaban J connectivity index is 1.72. The van der Waals surface area contributed by atoms with E-state index in [1.807, 2.05) is 78.9 Å². The number of ether oxygens (including phenoxy) is 1. The van der Waals surface area contributed by atoms with Crippen LogP contribution < -0.4 is 10.2 Å². The second-order valence-corrected chi connectivity index (χ2v) is 10.3. The molecule has 3 aromatic rings. The zero-order valence-corrected chi connectivity index (χ0v) is 22.7. The summed E-state index contributed by atoms with van der Waals surface area (Å²) in [6.45, 7) is 2.91. The average Bonchev–Trinajstić information content (AvgIpc) is 3.03. The number of rotatable bonds is 9. The normalized spacial score (nSPS) is 14.6. The van der Waals surface area contributed by atoms with E-state index in [0.29, 0.717) is 23.4 Å². The van der Waals surface area contributed by atoms with Crippen LogP contribution in [0.15, 0.2) is 84.6 Å². The van der Waals surface area contributed by atoms with Gasteiger partial charge in [-0.25, -0.2) is 0 Å². The molecule has 39 heavy (non-hydrogen) atoms. The van der Waals surface area contributed by atoms with Crippen LogP contribution in [0.3, 0.4) is 0 Å². The lowest BCUT2D eigenvalue weighted by Crippen LogP contribution is -2.44. The maximum Gasteiger partial charge on any atom is 0.326 e. The first-order valence-electron chi connectivity index (χ1n) is 12.7. The molecule has 7 nitrogen and oxygen atoms in total. The minimum atomic E-state index is -1.04. The number of hydrogen-bond donors (Lipinski definition) is 1. The first-order chi connectivity index (χ1) is 18.9. The summed E-state index contributed by atoms with van der Waals surface area (Å²) in [5, 5.41) is 1.56. The van der Waals surface area contributed by atoms with Crippen molar-refractivity contribution in [2.24, 2.45) is 0 Å². The Morgan fingerprint density at radius 2 is 1.64 bits per heavy atom. The highest BCUT2D eigenvalue weighted by Gasteiger charge is 2.36. The van der Waals surface area contributed by atoms with Crippen molar-refractivity contribution >= 4 is 46.4 Å². The Kier molecular flexibility index (Phi) is 9.33. The van der Waals surface area contributed by atoms with Crippen molar-refractivity contribution in [3.63, 3.8) is 0 Å². The van der Waals surface area contributed by atoms with Crippen LogP contribution in [-0.4, -0.2) is 41.3 Å². The van der Waals surface area contributed by atoms with E-state index in [0.717, 1.165) is 28.5 Å². The van der Waals surface area contributed by atoms with Crippen molar-refractivity contribution in [1.82, 2.24) is 5.32 Å². The fourth-order valence-electron chi connectivity index (χ4n) is 4.35. The zero-order chi connectivity index (χ0) is 27.8. The molecule has 0 spiro atoms. The molecule has 0 aromatic heterocycles. The Bertz CT molecular complexity index is 1390. The van der Waals surface area contributed by atoms with Crippen LogP contribution in [0.1, 0.15) is 31.4 Å². The highest BCUT2D eigenvalue weighted by molar-refractivity contribution is 8.14. The number of fused-ring (bicyclic) bond motifs is 1. The minimum absolute atomic E-state index is 0.171. The lowest BCUT2D eigenvalue weighted by Gasteiger charge is -2.26. The third-order valence-corrected chi connectivity index (χ3v) is 7.18. The van der Waals surface area contributed by atoms with Crippen LogP contribution in [0.4, 0.5) is 5.69 Å². The topological polar surface area (TPSA) is 92.8 Å². The van der Waals surface area contributed by atoms with Gasteiger partial charge in [-0.1, -0.05) is 84.6 Å². The molecular formula is C31H30N2O5S. The first-order valence-corrected chi connectivity index (χ1v) is 13.6. The first kappa shape index (κ1) is 27.9. The van der Waals surface area contributed by atoms with Gasteiger partial charge in [0, 0.05) is 24.6 Å². The maximum absolute atomic E-state index is 14.0. The summed E-state index contributed by atoms with van der Waals surface area (Å²) in [5.74, 6) is -1.32. The number of aryl methyl sites for hydroxylation is 1. The Labute approximate surface area is 232 Å². The fraction of sp³-hybridized carbons (Fsp3) is 0.226. The Morgan fingerprint density at radius 3 is 2.31 bits per heavy atom. The molecule has 1 heterocycles. The molecular weight excluding hydrogens is 512 g/mol. The van der Waals surface area contributed by atoms with Crippen molar-refractivity contribution in [1.29, 1.82) is 0 Å². The summed E-state index contributed by atoms with van der Waals surface area (Å²) in [4.78, 5) is 53.1. The van der Waals surface area contributed by atoms with E-state index in [2.05, 4.69) is 5.32 Å². The molecule has 8 heteroatoms. The van der Waals surface area contributed by atoms with Gasteiger partial charge in [-0.3, -0.25) is 24.1 Å². The summed E-state index contributed by atoms with van der Waals surface area (Å²) in [7, 11) is 0. The number of carbonyl (C=O) groups is 4. The van der Waals surface area contributed by atoms with Gasteiger partial charge < -0.3 is 10.1 Å². The average molecular weight is 543 g/mol. The molecule has 4 rings (SSSR count). The largest absolute Gasteiger partial charge is 0.465 e. The lowest BCUT2D eigenvalue weighted by molar-refractivity contribution is -0.142. The number of nitrogens with zero attached hydrogens (tertiary/aromatic N) is 1. The fourth-order valence-corrected chi connectivity index (χ4v) is 5.17. The summed E-state index contributed by atoms with van der Waals surface area (Å²) in [6.07, 6.45) is 2.46. The molecule has 1 N–H and O–H groups in total. The summed E-state index contributed by atoms with van der Waals surface area (Å²) in [5.41, 5.74) is 4.26. The lowest BCUT2D eigenvalue weighted by atomic mass is 10.0. The predicted molar refractivity (Wildman–Crippen MR) is 154 cm³/mol. The van der Waals surface area contributed by atoms with Crippen molar-refractivity contribution in [2.45, 2.75) is 31.9 Å². The molecule has 0 saturated heterocycles. The number of nitrogens with one attached hydrogen (secondary N) is 1. The molecule has 1 aliphatic rings. The van der Waals surface area contributed by atoms with Gasteiger partial charge >= 0.3 is 5.97 Å². The standard InChI is InChI=1S/C31H30N2O5S/c1-3-38-29(36)20-33-27-19-24(23-12-8-5-9-13-23)15-16-25(27)18-26(30(31(33)37)39-21(2)34)32-28(35)17-14-22-10-6-4-7-11-22/h4-13,15-16,18-19,30H,3,14,17,20H2,1-2H3,(H,32,35)/t30-/m0/s1. The highest BCUT2D eigenvalue weighted by Crippen LogP contribution is 2.36. The van der Waals surface area contributed by atoms with Crippen molar-refractivity contribution in [3.8, 4) is 11.1 Å². The van der Waals surface area contributed by atoms with Crippen molar-refractivity contribution < 1.29 is 23.9 Å². The van der Waals surface area contributed by atoms with Crippen LogP contribution in [-0.2, 0) is 30.3 Å². The van der Waals surface area contributed by atoms with Gasteiger partial charge in [-0.2, -0.15) is 0 Å². The van der Waals surface area contributed by atoms with Crippen LogP contribution in [0, 0.1) is 0 Å². The van der Waals surface area contributed by atoms with E-state index < -0.39 is 17.1 Å². The van der Waals surface area contributed by atoms with Gasteiger partial charge in [-0.15, -0.1) is 0 Å². The van der Waals surface area contributed by atoms with E-state index in [9.17, 15) is 19.2 Å². The third kappa shape index (κ3) is 7.23. The molecule has 0 radical (unpaired) electrons. The van der Waals surface area contributed by atoms with Gasteiger partial charge in [0.25, 0.3) is 0 Å². The van der Waals surface area contributed by atoms with E-state index in [4.69, 9.17) is 4.74 Å². The number of benzene rings is 3. The molecule has 0 bridgehead atoms. The summed E-state index contributed by atoms with van der Waals surface area (Å²) >= 11 is 0.812. The number of thioether (sulfide) groups is 1. The third-order valence-electron chi connectivity index (χ3n) is 6.16. The van der Waals surface area contributed by atoms with Gasteiger partial charge in [0.1, 0.15) is 11.8 Å². The van der Waals surface area contributed by atoms with Gasteiger partial charge in [0.2, 0.25) is 11.8 Å². The smallest absolute Gasteiger partial charge is 0.326 e. The molecule has 0 unspecified atom stereocenters. The number of hydrogen-bond acceptors (Lipinski definition) is 6. The van der Waals surface area contributed by atoms with E-state index in [-0.39, 0.29) is 30.6 Å². The number of carbonyl (C=O) groups excluding carboxylic acids is 4. The SMILES string of the molecule is CCOC(=O)CN1C(=O)[C@@H](SC(C)=O)C(NC(=O)CCc2ccccc2)=Cc2ccc(-c3ccccc3)cc21. The van der Waals surface area contributed by atoms with Crippen LogP contribution in [0.5, 0.6) is 0 Å². The van der Waals surface area contributed by atoms with E-state index in [1.54, 1.807) is 13.0 Å². The van der Waals surface area contributed by atoms with E-state index in [1.165, 1.54) is 11.8 Å². The number of amides is 2. The number of esters is 1. The van der Waals surface area contributed by atoms with Gasteiger partial charge in [0.15, 0.2) is 5.12 Å². The highest BCUT2D eigenvalue weighted by atomic mass is 32.2. The summed E-state index contributed by atoms with van der Waals surface area (Å²) in [6, 6.07) is 24.9. The van der Waals surface area contributed by atoms with Crippen LogP contribution >= 0.6 is 11.8 Å². The minimum Gasteiger partial charge on any atom is -0.465 e. The molecule has 0 saturated carbocycles. The van der Waals surface area contributed by atoms with Crippen molar-refractivity contribution in [3.05, 3.63) is 95.7 Å². The predicted octanol–water partition coefficient (Wildman–Crippen LogP) is 5.00. The molecule has 1 aliphatic heterocycles. The van der Waals surface area contributed by atoms with Crippen LogP contribution in [0.2, 0.25) is 0 Å².